The lowest BCUT2D eigenvalue weighted by Gasteiger charge is -2.15. The van der Waals surface area contributed by atoms with Crippen molar-refractivity contribution in [3.63, 3.8) is 0 Å². The van der Waals surface area contributed by atoms with Crippen LogP contribution in [0.3, 0.4) is 0 Å². The van der Waals surface area contributed by atoms with Crippen LogP contribution in [0, 0.1) is 0 Å². The minimum Gasteiger partial charge on any atom is -0.344 e. The zero-order valence-electron chi connectivity index (χ0n) is 8.20. The molecule has 4 nitrogen and oxygen atoms in total. The molecule has 0 bridgehead atoms. The van der Waals surface area contributed by atoms with Crippen LogP contribution in [0.4, 0.5) is 0 Å². The van der Waals surface area contributed by atoms with Crippen LogP contribution in [-0.4, -0.2) is 51.2 Å². The van der Waals surface area contributed by atoms with E-state index in [0.717, 1.165) is 6.54 Å². The molecule has 3 unspecified atom stereocenters. The van der Waals surface area contributed by atoms with E-state index in [4.69, 9.17) is 9.47 Å². The first kappa shape index (κ1) is 9.92. The van der Waals surface area contributed by atoms with Crippen molar-refractivity contribution >= 4 is 0 Å². The maximum atomic E-state index is 5.56. The van der Waals surface area contributed by atoms with E-state index in [1.807, 2.05) is 28.1 Å². The molecule has 4 heteroatoms. The van der Waals surface area contributed by atoms with E-state index < -0.39 is 0 Å². The lowest BCUT2D eigenvalue weighted by Crippen LogP contribution is -2.33. The number of nitrogens with zero attached hydrogens (tertiary/aromatic N) is 1. The molecule has 3 atom stereocenters. The van der Waals surface area contributed by atoms with Crippen molar-refractivity contribution < 1.29 is 9.47 Å². The fraction of sp³-hybridized carbons (Fsp3) is 1.00. The summed E-state index contributed by atoms with van der Waals surface area (Å²) in [7, 11) is 5.89. The van der Waals surface area contributed by atoms with Crippen LogP contribution in [-0.2, 0) is 9.47 Å². The SMILES string of the molecule is CNC1OC(CN(C)C)OC1C. The highest BCUT2D eigenvalue weighted by Gasteiger charge is 2.31. The van der Waals surface area contributed by atoms with E-state index in [1.165, 1.54) is 0 Å². The van der Waals surface area contributed by atoms with Crippen molar-refractivity contribution in [1.82, 2.24) is 10.2 Å². The molecule has 1 heterocycles. The van der Waals surface area contributed by atoms with Gasteiger partial charge < -0.3 is 14.4 Å². The Morgan fingerprint density at radius 1 is 1.33 bits per heavy atom. The second kappa shape index (κ2) is 4.18. The lowest BCUT2D eigenvalue weighted by atomic mass is 10.4. The molecule has 1 saturated heterocycles. The first-order valence-electron chi connectivity index (χ1n) is 4.26. The third-order valence-electron chi connectivity index (χ3n) is 1.89. The van der Waals surface area contributed by atoms with Gasteiger partial charge in [-0.15, -0.1) is 0 Å². The topological polar surface area (TPSA) is 33.7 Å². The van der Waals surface area contributed by atoms with Gasteiger partial charge in [-0.05, 0) is 28.1 Å². The van der Waals surface area contributed by atoms with Gasteiger partial charge in [0.25, 0.3) is 0 Å². The van der Waals surface area contributed by atoms with Gasteiger partial charge >= 0.3 is 0 Å². The lowest BCUT2D eigenvalue weighted by molar-refractivity contribution is -0.0780. The minimum atomic E-state index is -0.0903. The Kier molecular flexibility index (Phi) is 3.46. The molecule has 72 valence electrons. The molecule has 0 aromatic heterocycles. The quantitative estimate of drug-likeness (QED) is 0.645. The van der Waals surface area contributed by atoms with Gasteiger partial charge in [-0.25, -0.2) is 0 Å². The van der Waals surface area contributed by atoms with Gasteiger partial charge in [0.2, 0.25) is 0 Å². The predicted molar refractivity (Wildman–Crippen MR) is 46.8 cm³/mol. The Bertz CT molecular complexity index is 141. The fourth-order valence-electron chi connectivity index (χ4n) is 1.30. The Hall–Kier alpha value is -0.160. The Morgan fingerprint density at radius 3 is 2.42 bits per heavy atom. The van der Waals surface area contributed by atoms with Gasteiger partial charge in [0.1, 0.15) is 6.23 Å². The fourth-order valence-corrected chi connectivity index (χ4v) is 1.30. The van der Waals surface area contributed by atoms with E-state index in [1.54, 1.807) is 0 Å². The summed E-state index contributed by atoms with van der Waals surface area (Å²) in [6.45, 7) is 2.82. The van der Waals surface area contributed by atoms with E-state index in [9.17, 15) is 0 Å². The highest BCUT2D eigenvalue weighted by atomic mass is 16.7. The molecule has 1 N–H and O–H groups in total. The first-order chi connectivity index (χ1) is 5.63. The van der Waals surface area contributed by atoms with Gasteiger partial charge in [0.15, 0.2) is 6.29 Å². The average molecular weight is 174 g/mol. The molecule has 1 rings (SSSR count). The predicted octanol–water partition coefficient (Wildman–Crippen LogP) is -0.145. The molecule has 0 aromatic rings. The summed E-state index contributed by atoms with van der Waals surface area (Å²) >= 11 is 0. The molecule has 0 spiro atoms. The summed E-state index contributed by atoms with van der Waals surface area (Å²) in [4.78, 5) is 2.05. The normalized spacial score (nSPS) is 36.2. The van der Waals surface area contributed by atoms with E-state index in [2.05, 4.69) is 10.2 Å². The van der Waals surface area contributed by atoms with Gasteiger partial charge in [0, 0.05) is 6.54 Å². The van der Waals surface area contributed by atoms with Crippen molar-refractivity contribution in [2.75, 3.05) is 27.7 Å². The van der Waals surface area contributed by atoms with Crippen LogP contribution in [0.2, 0.25) is 0 Å². The minimum absolute atomic E-state index is 0.0370. The standard InChI is InChI=1S/C8H18N2O2/c1-6-8(9-2)12-7(11-6)5-10(3)4/h6-9H,5H2,1-4H3. The summed E-state index contributed by atoms with van der Waals surface area (Å²) in [5.74, 6) is 0. The summed E-state index contributed by atoms with van der Waals surface area (Å²) in [5, 5.41) is 3.05. The molecular weight excluding hydrogens is 156 g/mol. The molecule has 0 aliphatic carbocycles. The van der Waals surface area contributed by atoms with Crippen LogP contribution >= 0.6 is 0 Å². The maximum absolute atomic E-state index is 5.56. The molecule has 1 fully saturated rings. The van der Waals surface area contributed by atoms with Crippen LogP contribution in [0.5, 0.6) is 0 Å². The number of likely N-dealkylation sites (N-methyl/N-ethyl adjacent to an activating group) is 2. The monoisotopic (exact) mass is 174 g/mol. The van der Waals surface area contributed by atoms with E-state index in [0.29, 0.717) is 0 Å². The van der Waals surface area contributed by atoms with Gasteiger partial charge in [-0.2, -0.15) is 0 Å². The maximum Gasteiger partial charge on any atom is 0.172 e. The van der Waals surface area contributed by atoms with Crippen molar-refractivity contribution in [1.29, 1.82) is 0 Å². The molecule has 0 aromatic carbocycles. The summed E-state index contributed by atoms with van der Waals surface area (Å²) in [6, 6.07) is 0. The zero-order valence-corrected chi connectivity index (χ0v) is 8.20. The second-order valence-electron chi connectivity index (χ2n) is 3.38. The van der Waals surface area contributed by atoms with Crippen molar-refractivity contribution in [3.05, 3.63) is 0 Å². The number of ether oxygens (including phenoxy) is 2. The number of rotatable bonds is 3. The Labute approximate surface area is 73.8 Å². The molecular formula is C8H18N2O2. The highest BCUT2D eigenvalue weighted by molar-refractivity contribution is 4.71. The number of hydrogen-bond donors (Lipinski definition) is 1. The molecule has 12 heavy (non-hydrogen) atoms. The Morgan fingerprint density at radius 2 is 2.00 bits per heavy atom. The molecule has 0 radical (unpaired) electrons. The van der Waals surface area contributed by atoms with Crippen LogP contribution in [0.25, 0.3) is 0 Å². The average Bonchev–Trinajstić information content (AvgIpc) is 2.29. The van der Waals surface area contributed by atoms with Crippen LogP contribution in [0.15, 0.2) is 0 Å². The van der Waals surface area contributed by atoms with Crippen molar-refractivity contribution in [2.45, 2.75) is 25.5 Å². The number of nitrogens with one attached hydrogen (secondary N) is 1. The van der Waals surface area contributed by atoms with Gasteiger partial charge in [-0.1, -0.05) is 0 Å². The second-order valence-corrected chi connectivity index (χ2v) is 3.38. The highest BCUT2D eigenvalue weighted by Crippen LogP contribution is 2.16. The van der Waals surface area contributed by atoms with Crippen molar-refractivity contribution in [2.24, 2.45) is 0 Å². The molecule has 0 saturated carbocycles. The number of hydrogen-bond acceptors (Lipinski definition) is 4. The third kappa shape index (κ3) is 2.42. The van der Waals surface area contributed by atoms with Crippen LogP contribution < -0.4 is 5.32 Å². The Balaban J connectivity index is 2.33. The van der Waals surface area contributed by atoms with E-state index in [-0.39, 0.29) is 18.6 Å². The molecule has 0 amide bonds. The van der Waals surface area contributed by atoms with E-state index >= 15 is 0 Å². The van der Waals surface area contributed by atoms with Crippen LogP contribution in [0.1, 0.15) is 6.92 Å². The zero-order chi connectivity index (χ0) is 9.14. The largest absolute Gasteiger partial charge is 0.344 e. The summed E-state index contributed by atoms with van der Waals surface area (Å²) in [5.41, 5.74) is 0. The molecule has 1 aliphatic heterocycles. The van der Waals surface area contributed by atoms with Crippen molar-refractivity contribution in [3.8, 4) is 0 Å². The summed E-state index contributed by atoms with van der Waals surface area (Å²) in [6.07, 6.45) is 0.0855. The van der Waals surface area contributed by atoms with Gasteiger partial charge in [-0.3, -0.25) is 5.32 Å². The van der Waals surface area contributed by atoms with Gasteiger partial charge in [0.05, 0.1) is 6.10 Å². The smallest absolute Gasteiger partial charge is 0.172 e. The third-order valence-corrected chi connectivity index (χ3v) is 1.89. The summed E-state index contributed by atoms with van der Waals surface area (Å²) < 4.78 is 11.1. The molecule has 1 aliphatic rings. The first-order valence-corrected chi connectivity index (χ1v) is 4.26.